The quantitative estimate of drug-likeness (QED) is 0.615. The maximum absolute atomic E-state index is 8.48. The molecule has 0 aromatic rings. The Hall–Kier alpha value is -0.590. The lowest BCUT2D eigenvalue weighted by atomic mass is 10.2. The summed E-state index contributed by atoms with van der Waals surface area (Å²) in [7, 11) is 0. The molecule has 0 saturated carbocycles. The van der Waals surface area contributed by atoms with Crippen molar-refractivity contribution in [3.8, 4) is 6.07 Å². The van der Waals surface area contributed by atoms with E-state index in [1.54, 1.807) is 0 Å². The monoisotopic (exact) mass is 153 g/mol. The summed E-state index contributed by atoms with van der Waals surface area (Å²) < 4.78 is 0. The lowest BCUT2D eigenvalue weighted by Gasteiger charge is -2.31. The van der Waals surface area contributed by atoms with Gasteiger partial charge in [-0.3, -0.25) is 4.90 Å². The first-order valence-electron chi connectivity index (χ1n) is 4.16. The Bertz CT molecular complexity index is 144. The van der Waals surface area contributed by atoms with Crippen LogP contribution in [0, 0.1) is 11.3 Å². The Morgan fingerprint density at radius 2 is 2.18 bits per heavy atom. The van der Waals surface area contributed by atoms with Crippen LogP contribution in [0.1, 0.15) is 13.3 Å². The Labute approximate surface area is 68.0 Å². The van der Waals surface area contributed by atoms with Gasteiger partial charge in [0.15, 0.2) is 0 Å². The van der Waals surface area contributed by atoms with Crippen molar-refractivity contribution >= 4 is 0 Å². The van der Waals surface area contributed by atoms with Crippen LogP contribution in [0.2, 0.25) is 0 Å². The standard InChI is InChI=1S/C8H15N3/c1-8(2-3-9)11-6-4-10-5-7-11/h8,10H,2,4-7H2,1H3. The van der Waals surface area contributed by atoms with Crippen molar-refractivity contribution in [3.05, 3.63) is 0 Å². The van der Waals surface area contributed by atoms with Gasteiger partial charge in [-0.05, 0) is 6.92 Å². The van der Waals surface area contributed by atoms with Crippen LogP contribution in [0.25, 0.3) is 0 Å². The van der Waals surface area contributed by atoms with Crippen LogP contribution >= 0.6 is 0 Å². The maximum atomic E-state index is 8.48. The minimum atomic E-state index is 0.432. The molecule has 0 amide bonds. The van der Waals surface area contributed by atoms with E-state index in [0.717, 1.165) is 26.2 Å². The van der Waals surface area contributed by atoms with Crippen molar-refractivity contribution < 1.29 is 0 Å². The van der Waals surface area contributed by atoms with Crippen LogP contribution in [0.4, 0.5) is 0 Å². The van der Waals surface area contributed by atoms with Gasteiger partial charge in [0.05, 0.1) is 12.5 Å². The molecule has 0 radical (unpaired) electrons. The summed E-state index contributed by atoms with van der Waals surface area (Å²) in [5.74, 6) is 0. The van der Waals surface area contributed by atoms with Crippen molar-refractivity contribution in [3.63, 3.8) is 0 Å². The zero-order chi connectivity index (χ0) is 8.10. The van der Waals surface area contributed by atoms with E-state index in [0.29, 0.717) is 12.5 Å². The van der Waals surface area contributed by atoms with Crippen molar-refractivity contribution in [1.29, 1.82) is 5.26 Å². The smallest absolute Gasteiger partial charge is 0.0638 e. The second-order valence-electron chi connectivity index (χ2n) is 3.00. The first-order chi connectivity index (χ1) is 5.34. The van der Waals surface area contributed by atoms with Crippen LogP contribution in [0.15, 0.2) is 0 Å². The molecule has 1 heterocycles. The van der Waals surface area contributed by atoms with Crippen molar-refractivity contribution in [1.82, 2.24) is 10.2 Å². The first kappa shape index (κ1) is 8.51. The Balaban J connectivity index is 2.27. The van der Waals surface area contributed by atoms with Gasteiger partial charge < -0.3 is 5.32 Å². The fourth-order valence-corrected chi connectivity index (χ4v) is 1.38. The third-order valence-corrected chi connectivity index (χ3v) is 2.16. The van der Waals surface area contributed by atoms with E-state index < -0.39 is 0 Å². The molecule has 1 aliphatic rings. The van der Waals surface area contributed by atoms with Gasteiger partial charge in [-0.2, -0.15) is 5.26 Å². The van der Waals surface area contributed by atoms with Gasteiger partial charge in [0, 0.05) is 32.2 Å². The molecular weight excluding hydrogens is 138 g/mol. The molecule has 0 spiro atoms. The first-order valence-corrected chi connectivity index (χ1v) is 4.16. The van der Waals surface area contributed by atoms with Gasteiger partial charge in [0.1, 0.15) is 0 Å². The number of hydrogen-bond donors (Lipinski definition) is 1. The Morgan fingerprint density at radius 3 is 2.73 bits per heavy atom. The molecule has 0 aromatic carbocycles. The molecular formula is C8H15N3. The second kappa shape index (κ2) is 4.32. The van der Waals surface area contributed by atoms with Crippen LogP contribution < -0.4 is 5.32 Å². The summed E-state index contributed by atoms with van der Waals surface area (Å²) in [6, 6.07) is 2.64. The number of rotatable bonds is 2. The van der Waals surface area contributed by atoms with Gasteiger partial charge >= 0.3 is 0 Å². The predicted molar refractivity (Wildman–Crippen MR) is 44.1 cm³/mol. The largest absolute Gasteiger partial charge is 0.314 e. The van der Waals surface area contributed by atoms with E-state index in [9.17, 15) is 0 Å². The van der Waals surface area contributed by atoms with Crippen LogP contribution in [-0.2, 0) is 0 Å². The molecule has 1 rings (SSSR count). The zero-order valence-corrected chi connectivity index (χ0v) is 7.01. The van der Waals surface area contributed by atoms with E-state index in [1.807, 2.05) is 0 Å². The molecule has 1 N–H and O–H groups in total. The van der Waals surface area contributed by atoms with E-state index in [4.69, 9.17) is 5.26 Å². The molecule has 0 bridgehead atoms. The summed E-state index contributed by atoms with van der Waals surface area (Å²) in [4.78, 5) is 2.36. The molecule has 0 aliphatic carbocycles. The molecule has 11 heavy (non-hydrogen) atoms. The Kier molecular flexibility index (Phi) is 3.34. The van der Waals surface area contributed by atoms with E-state index in [1.165, 1.54) is 0 Å². The van der Waals surface area contributed by atoms with Gasteiger partial charge in [0.2, 0.25) is 0 Å². The minimum Gasteiger partial charge on any atom is -0.314 e. The SMILES string of the molecule is CC(CC#N)N1CCNCC1. The number of nitriles is 1. The minimum absolute atomic E-state index is 0.432. The summed E-state index contributed by atoms with van der Waals surface area (Å²) in [5.41, 5.74) is 0. The highest BCUT2D eigenvalue weighted by Crippen LogP contribution is 2.03. The fraction of sp³-hybridized carbons (Fsp3) is 0.875. The van der Waals surface area contributed by atoms with Crippen LogP contribution in [0.3, 0.4) is 0 Å². The highest BCUT2D eigenvalue weighted by molar-refractivity contribution is 4.81. The van der Waals surface area contributed by atoms with Gasteiger partial charge in [-0.1, -0.05) is 0 Å². The van der Waals surface area contributed by atoms with Crippen LogP contribution in [0.5, 0.6) is 0 Å². The normalized spacial score (nSPS) is 22.5. The van der Waals surface area contributed by atoms with Crippen molar-refractivity contribution in [2.75, 3.05) is 26.2 Å². The molecule has 3 heteroatoms. The molecule has 62 valence electrons. The lowest BCUT2D eigenvalue weighted by Crippen LogP contribution is -2.47. The van der Waals surface area contributed by atoms with E-state index in [2.05, 4.69) is 23.2 Å². The molecule has 1 fully saturated rings. The van der Waals surface area contributed by atoms with Crippen LogP contribution in [-0.4, -0.2) is 37.1 Å². The lowest BCUT2D eigenvalue weighted by molar-refractivity contribution is 0.186. The molecule has 3 nitrogen and oxygen atoms in total. The van der Waals surface area contributed by atoms with Crippen molar-refractivity contribution in [2.24, 2.45) is 0 Å². The summed E-state index contributed by atoms with van der Waals surface area (Å²) >= 11 is 0. The van der Waals surface area contributed by atoms with Gasteiger partial charge in [0.25, 0.3) is 0 Å². The van der Waals surface area contributed by atoms with Gasteiger partial charge in [-0.25, -0.2) is 0 Å². The van der Waals surface area contributed by atoms with E-state index in [-0.39, 0.29) is 0 Å². The molecule has 1 atom stereocenters. The second-order valence-corrected chi connectivity index (χ2v) is 3.00. The zero-order valence-electron chi connectivity index (χ0n) is 7.01. The highest BCUT2D eigenvalue weighted by atomic mass is 15.2. The molecule has 1 saturated heterocycles. The summed E-state index contributed by atoms with van der Waals surface area (Å²) in [5, 5.41) is 11.8. The number of piperazine rings is 1. The average molecular weight is 153 g/mol. The fourth-order valence-electron chi connectivity index (χ4n) is 1.38. The predicted octanol–water partition coefficient (Wildman–Crippen LogP) is 0.194. The molecule has 1 unspecified atom stereocenters. The Morgan fingerprint density at radius 1 is 1.55 bits per heavy atom. The van der Waals surface area contributed by atoms with Gasteiger partial charge in [-0.15, -0.1) is 0 Å². The number of hydrogen-bond acceptors (Lipinski definition) is 3. The molecule has 0 aromatic heterocycles. The third kappa shape index (κ3) is 2.49. The summed E-state index contributed by atoms with van der Waals surface area (Å²) in [6.07, 6.45) is 0.653. The highest BCUT2D eigenvalue weighted by Gasteiger charge is 2.15. The average Bonchev–Trinajstić information content (AvgIpc) is 2.07. The molecule has 1 aliphatic heterocycles. The summed E-state index contributed by atoms with van der Waals surface area (Å²) in [6.45, 7) is 6.42. The van der Waals surface area contributed by atoms with E-state index >= 15 is 0 Å². The topological polar surface area (TPSA) is 39.1 Å². The third-order valence-electron chi connectivity index (χ3n) is 2.16. The number of nitrogens with one attached hydrogen (secondary N) is 1. The maximum Gasteiger partial charge on any atom is 0.0638 e. The number of nitrogens with zero attached hydrogens (tertiary/aromatic N) is 2. The van der Waals surface area contributed by atoms with Crippen molar-refractivity contribution in [2.45, 2.75) is 19.4 Å².